The van der Waals surface area contributed by atoms with Crippen LogP contribution < -0.4 is 10.1 Å². The Balaban J connectivity index is 0.00000144. The lowest BCUT2D eigenvalue weighted by molar-refractivity contribution is -0.274. The third-order valence-electron chi connectivity index (χ3n) is 4.16. The number of phenolic OH excluding ortho intramolecular Hbond substituents is 1. The van der Waals surface area contributed by atoms with Crippen molar-refractivity contribution in [3.63, 3.8) is 0 Å². The van der Waals surface area contributed by atoms with Gasteiger partial charge in [0, 0.05) is 37.8 Å². The number of aromatic hydroxyl groups is 1. The second-order valence-corrected chi connectivity index (χ2v) is 5.84. The fraction of sp³-hybridized carbons (Fsp3) is 0.600. The molecule has 0 radical (unpaired) electrons. The molecule has 0 aromatic heterocycles. The molecule has 2 aliphatic rings. The second kappa shape index (κ2) is 8.47. The molecule has 0 bridgehead atoms. The highest BCUT2D eigenvalue weighted by molar-refractivity contribution is 5.85. The van der Waals surface area contributed by atoms with Gasteiger partial charge in [-0.25, -0.2) is 0 Å². The van der Waals surface area contributed by atoms with Gasteiger partial charge in [0.15, 0.2) is 0 Å². The molecule has 1 saturated heterocycles. The molecule has 1 heterocycles. The van der Waals surface area contributed by atoms with Crippen LogP contribution in [0.15, 0.2) is 18.2 Å². The molecule has 9 heteroatoms. The maximum absolute atomic E-state index is 12.4. The zero-order valence-electron chi connectivity index (χ0n) is 12.9. The van der Waals surface area contributed by atoms with Crippen LogP contribution in [-0.4, -0.2) is 42.5 Å². The normalized spacial score (nSPS) is 19.8. The number of alkyl halides is 3. The summed E-state index contributed by atoms with van der Waals surface area (Å²) >= 11 is 0. The second-order valence-electron chi connectivity index (χ2n) is 5.84. The van der Waals surface area contributed by atoms with Crippen LogP contribution in [0.2, 0.25) is 0 Å². The minimum absolute atomic E-state index is 0. The number of ether oxygens (including phenoxy) is 1. The Bertz CT molecular complexity index is 536. The summed E-state index contributed by atoms with van der Waals surface area (Å²) in [5.74, 6) is 0.149. The van der Waals surface area contributed by atoms with Gasteiger partial charge in [0.2, 0.25) is 0 Å². The van der Waals surface area contributed by atoms with Gasteiger partial charge in [-0.05, 0) is 37.0 Å². The first-order chi connectivity index (χ1) is 10.4. The zero-order chi connectivity index (χ0) is 15.7. The quantitative estimate of drug-likeness (QED) is 0.828. The van der Waals surface area contributed by atoms with E-state index in [1.165, 1.54) is 12.1 Å². The average Bonchev–Trinajstić information content (AvgIpc) is 3.27. The monoisotopic (exact) mass is 388 g/mol. The summed E-state index contributed by atoms with van der Waals surface area (Å²) in [5, 5.41) is 13.4. The highest BCUT2D eigenvalue weighted by Crippen LogP contribution is 2.47. The first kappa shape index (κ1) is 21.2. The summed E-state index contributed by atoms with van der Waals surface area (Å²) in [4.78, 5) is 2.24. The average molecular weight is 389 g/mol. The number of phenols is 1. The largest absolute Gasteiger partial charge is 0.573 e. The van der Waals surface area contributed by atoms with Gasteiger partial charge >= 0.3 is 6.36 Å². The first-order valence-corrected chi connectivity index (χ1v) is 7.47. The Morgan fingerprint density at radius 2 is 1.79 bits per heavy atom. The van der Waals surface area contributed by atoms with Crippen molar-refractivity contribution in [1.29, 1.82) is 0 Å². The molecule has 0 unspecified atom stereocenters. The number of rotatable bonds is 4. The van der Waals surface area contributed by atoms with Gasteiger partial charge in [-0.3, -0.25) is 4.90 Å². The molecule has 24 heavy (non-hydrogen) atoms. The van der Waals surface area contributed by atoms with E-state index in [0.717, 1.165) is 45.1 Å². The SMILES string of the molecule is Cl.Cl.Oc1ccc(OC(F)(F)F)cc1[C@@H](C1CC1)N1CCNCC1. The smallest absolute Gasteiger partial charge is 0.508 e. The molecule has 1 aromatic rings. The third kappa shape index (κ3) is 5.31. The van der Waals surface area contributed by atoms with Crippen molar-refractivity contribution < 1.29 is 23.0 Å². The lowest BCUT2D eigenvalue weighted by Gasteiger charge is -2.35. The molecule has 1 aliphatic heterocycles. The summed E-state index contributed by atoms with van der Waals surface area (Å²) < 4.78 is 41.2. The van der Waals surface area contributed by atoms with Crippen LogP contribution in [0.3, 0.4) is 0 Å². The van der Waals surface area contributed by atoms with Crippen LogP contribution >= 0.6 is 24.8 Å². The molecule has 1 saturated carbocycles. The van der Waals surface area contributed by atoms with E-state index in [0.29, 0.717) is 11.5 Å². The Kier molecular flexibility index (Phi) is 7.46. The molecule has 0 spiro atoms. The summed E-state index contributed by atoms with van der Waals surface area (Å²) in [6.45, 7) is 3.35. The Hall–Kier alpha value is -0.890. The van der Waals surface area contributed by atoms with Crippen LogP contribution in [-0.2, 0) is 0 Å². The van der Waals surface area contributed by atoms with Crippen LogP contribution in [0.4, 0.5) is 13.2 Å². The van der Waals surface area contributed by atoms with Gasteiger partial charge in [-0.1, -0.05) is 0 Å². The molecule has 2 N–H and O–H groups in total. The fourth-order valence-corrected chi connectivity index (χ4v) is 3.09. The highest BCUT2D eigenvalue weighted by Gasteiger charge is 2.39. The number of hydrogen-bond donors (Lipinski definition) is 2. The van der Waals surface area contributed by atoms with Gasteiger partial charge in [0.25, 0.3) is 0 Å². The number of nitrogens with one attached hydrogen (secondary N) is 1. The number of halogens is 5. The Morgan fingerprint density at radius 1 is 1.17 bits per heavy atom. The lowest BCUT2D eigenvalue weighted by Crippen LogP contribution is -2.45. The van der Waals surface area contributed by atoms with Gasteiger partial charge in [0.1, 0.15) is 11.5 Å². The molecule has 1 atom stereocenters. The van der Waals surface area contributed by atoms with Crippen molar-refractivity contribution in [3.8, 4) is 11.5 Å². The standard InChI is InChI=1S/C15H19F3N2O2.2ClH/c16-15(17,18)22-11-3-4-13(21)12(9-11)14(10-1-2-10)20-7-5-19-6-8-20;;/h3-4,9-10,14,19,21H,1-2,5-8H2;2*1H/t14-;;/m1../s1. The number of benzene rings is 1. The van der Waals surface area contributed by atoms with Gasteiger partial charge < -0.3 is 15.2 Å². The molecule has 0 amide bonds. The van der Waals surface area contributed by atoms with Crippen molar-refractivity contribution in [2.24, 2.45) is 5.92 Å². The summed E-state index contributed by atoms with van der Waals surface area (Å²) in [7, 11) is 0. The van der Waals surface area contributed by atoms with Gasteiger partial charge in [0.05, 0.1) is 0 Å². The molecule has 2 fully saturated rings. The molecule has 3 rings (SSSR count). The van der Waals surface area contributed by atoms with Gasteiger partial charge in [-0.2, -0.15) is 0 Å². The van der Waals surface area contributed by atoms with Crippen molar-refractivity contribution in [3.05, 3.63) is 23.8 Å². The molecule has 138 valence electrons. The maximum atomic E-state index is 12.4. The van der Waals surface area contributed by atoms with Crippen LogP contribution in [0.25, 0.3) is 0 Å². The number of nitrogens with zero attached hydrogens (tertiary/aromatic N) is 1. The summed E-state index contributed by atoms with van der Waals surface area (Å²) in [6.07, 6.45) is -2.64. The van der Waals surface area contributed by atoms with Crippen molar-refractivity contribution in [2.45, 2.75) is 25.2 Å². The van der Waals surface area contributed by atoms with E-state index in [2.05, 4.69) is 15.0 Å². The maximum Gasteiger partial charge on any atom is 0.573 e. The lowest BCUT2D eigenvalue weighted by atomic mass is 9.98. The molecule has 1 aliphatic carbocycles. The zero-order valence-corrected chi connectivity index (χ0v) is 14.5. The summed E-state index contributed by atoms with van der Waals surface area (Å²) in [6, 6.07) is 3.72. The fourth-order valence-electron chi connectivity index (χ4n) is 3.09. The predicted molar refractivity (Wildman–Crippen MR) is 89.2 cm³/mol. The van der Waals surface area contributed by atoms with Crippen molar-refractivity contribution in [2.75, 3.05) is 26.2 Å². The summed E-state index contributed by atoms with van der Waals surface area (Å²) in [5.41, 5.74) is 0.533. The number of hydrogen-bond acceptors (Lipinski definition) is 4. The highest BCUT2D eigenvalue weighted by atomic mass is 35.5. The van der Waals surface area contributed by atoms with Gasteiger partial charge in [-0.15, -0.1) is 38.0 Å². The molecular formula is C15H21Cl2F3N2O2. The molecular weight excluding hydrogens is 368 g/mol. The van der Waals surface area contributed by atoms with E-state index in [1.807, 2.05) is 0 Å². The van der Waals surface area contributed by atoms with E-state index in [9.17, 15) is 18.3 Å². The van der Waals surface area contributed by atoms with Crippen LogP contribution in [0.5, 0.6) is 11.5 Å². The molecule has 1 aromatic carbocycles. The van der Waals surface area contributed by atoms with Crippen molar-refractivity contribution in [1.82, 2.24) is 10.2 Å². The first-order valence-electron chi connectivity index (χ1n) is 7.47. The minimum Gasteiger partial charge on any atom is -0.508 e. The van der Waals surface area contributed by atoms with Crippen LogP contribution in [0, 0.1) is 5.92 Å². The number of piperazine rings is 1. The Morgan fingerprint density at radius 3 is 2.33 bits per heavy atom. The topological polar surface area (TPSA) is 44.7 Å². The van der Waals surface area contributed by atoms with E-state index < -0.39 is 6.36 Å². The minimum atomic E-state index is -4.72. The van der Waals surface area contributed by atoms with E-state index >= 15 is 0 Å². The van der Waals surface area contributed by atoms with Crippen LogP contribution in [0.1, 0.15) is 24.4 Å². The Labute approximate surface area is 151 Å². The van der Waals surface area contributed by atoms with E-state index in [-0.39, 0.29) is 42.4 Å². The molecule has 4 nitrogen and oxygen atoms in total. The van der Waals surface area contributed by atoms with E-state index in [1.54, 1.807) is 0 Å². The van der Waals surface area contributed by atoms with Crippen molar-refractivity contribution >= 4 is 24.8 Å². The predicted octanol–water partition coefficient (Wildman–Crippen LogP) is 3.49. The van der Waals surface area contributed by atoms with E-state index in [4.69, 9.17) is 0 Å². The third-order valence-corrected chi connectivity index (χ3v) is 4.16.